The summed E-state index contributed by atoms with van der Waals surface area (Å²) in [7, 11) is 0. The summed E-state index contributed by atoms with van der Waals surface area (Å²) in [5.74, 6) is 0. The fourth-order valence-corrected chi connectivity index (χ4v) is 10.3. The average Bonchev–Trinajstić information content (AvgIpc) is 4.25. The highest BCUT2D eigenvalue weighted by Crippen LogP contribution is 2.42. The molecular weight excluding hydrogens is 911 g/mol. The minimum Gasteiger partial charge on any atom is -0.355 e. The van der Waals surface area contributed by atoms with Gasteiger partial charge in [-0.1, -0.05) is 174 Å². The van der Waals surface area contributed by atoms with Crippen molar-refractivity contribution in [3.63, 3.8) is 0 Å². The number of benzene rings is 4. The first-order valence-corrected chi connectivity index (χ1v) is 26.4. The molecule has 0 fully saturated rings. The van der Waals surface area contributed by atoms with E-state index in [1.165, 1.54) is 22.3 Å². The molecule has 11 rings (SSSR count). The van der Waals surface area contributed by atoms with Gasteiger partial charge in [-0.2, -0.15) is 0 Å². The Kier molecular flexibility index (Phi) is 12.0. The molecule has 372 valence electrons. The van der Waals surface area contributed by atoms with Gasteiger partial charge in [0.1, 0.15) is 0 Å². The Morgan fingerprint density at radius 3 is 1.27 bits per heavy atom. The van der Waals surface area contributed by atoms with Crippen LogP contribution in [0.25, 0.3) is 102 Å². The van der Waals surface area contributed by atoms with E-state index < -0.39 is 0 Å². The molecule has 2 N–H and O–H groups in total. The predicted molar refractivity (Wildman–Crippen MR) is 319 cm³/mol. The van der Waals surface area contributed by atoms with Crippen LogP contribution in [-0.4, -0.2) is 24.9 Å². The number of pyridine rings is 1. The molecule has 5 heteroatoms. The van der Waals surface area contributed by atoms with E-state index >= 15 is 0 Å². The van der Waals surface area contributed by atoms with Crippen LogP contribution in [0.5, 0.6) is 0 Å². The lowest BCUT2D eigenvalue weighted by atomic mass is 9.78. The van der Waals surface area contributed by atoms with Crippen molar-refractivity contribution in [2.75, 3.05) is 0 Å². The molecule has 0 radical (unpaired) electrons. The number of fused-ring (bicyclic) bond motifs is 8. The maximum Gasteiger partial charge on any atom is 0.0737 e. The summed E-state index contributed by atoms with van der Waals surface area (Å²) in [5, 5.41) is 0. The first kappa shape index (κ1) is 49.1. The Hall–Kier alpha value is -8.11. The fourth-order valence-electron chi connectivity index (χ4n) is 10.3. The Morgan fingerprint density at radius 2 is 0.787 bits per heavy atom. The van der Waals surface area contributed by atoms with Crippen LogP contribution < -0.4 is 0 Å². The summed E-state index contributed by atoms with van der Waals surface area (Å²) < 4.78 is 0. The van der Waals surface area contributed by atoms with E-state index in [9.17, 15) is 0 Å². The number of hydrogen-bond donors (Lipinski definition) is 2. The summed E-state index contributed by atoms with van der Waals surface area (Å²) in [5.41, 5.74) is 29.1. The second kappa shape index (κ2) is 18.4. The summed E-state index contributed by atoms with van der Waals surface area (Å²) in [4.78, 5) is 23.2. The van der Waals surface area contributed by atoms with Crippen LogP contribution in [0.2, 0.25) is 0 Å². The van der Waals surface area contributed by atoms with Gasteiger partial charge in [0, 0.05) is 62.3 Å². The molecule has 75 heavy (non-hydrogen) atoms. The Morgan fingerprint density at radius 1 is 0.360 bits per heavy atom. The zero-order chi connectivity index (χ0) is 52.6. The molecule has 5 nitrogen and oxygen atoms in total. The summed E-state index contributed by atoms with van der Waals surface area (Å²) in [6.07, 6.45) is 16.7. The normalized spacial score (nSPS) is 13.7. The highest BCUT2D eigenvalue weighted by molar-refractivity contribution is 5.98. The molecule has 4 aromatic carbocycles. The third-order valence-corrected chi connectivity index (χ3v) is 14.8. The van der Waals surface area contributed by atoms with Gasteiger partial charge in [0.05, 0.1) is 22.8 Å². The largest absolute Gasteiger partial charge is 0.355 e. The zero-order valence-corrected chi connectivity index (χ0v) is 45.6. The second-order valence-electron chi connectivity index (χ2n) is 24.6. The van der Waals surface area contributed by atoms with Gasteiger partial charge in [0.25, 0.3) is 0 Å². The predicted octanol–water partition coefficient (Wildman–Crippen LogP) is 18.5. The van der Waals surface area contributed by atoms with Crippen molar-refractivity contribution in [1.82, 2.24) is 24.9 Å². The minimum atomic E-state index is -0.0695. The molecular formula is C70H67N5. The summed E-state index contributed by atoms with van der Waals surface area (Å²) >= 11 is 0. The molecule has 8 aromatic rings. The van der Waals surface area contributed by atoms with Gasteiger partial charge >= 0.3 is 0 Å². The molecule has 6 heterocycles. The van der Waals surface area contributed by atoms with E-state index in [2.05, 4.69) is 262 Å². The minimum absolute atomic E-state index is 0.0695. The standard InChI is InChI=1S/C70H67N5/c1-67(2,3)52-35-50(36-53(39-52)68(4,5)6)65-58-27-25-56(72-58)41-57-26-28-59(73-57)66(51-37-54(69(7,8)9)40-55(38-51)70(10,11)12)63-32-30-61(75-63)64(60-29-31-62(65)74-60)46-21-19-44(20-22-46)48-24-23-47(34-48)43-15-17-45(18-16-43)49-14-13-33-71-42-49/h13-33,35-42,72,75H,1-12H3. The molecule has 4 aromatic heterocycles. The molecule has 0 spiro atoms. The average molecular weight is 978 g/mol. The molecule has 8 bridgehead atoms. The van der Waals surface area contributed by atoms with Gasteiger partial charge < -0.3 is 9.97 Å². The molecule has 0 amide bonds. The van der Waals surface area contributed by atoms with Crippen molar-refractivity contribution >= 4 is 57.5 Å². The quantitative estimate of drug-likeness (QED) is 0.163. The molecule has 1 aliphatic carbocycles. The number of aromatic nitrogens is 5. The van der Waals surface area contributed by atoms with Crippen molar-refractivity contribution in [1.29, 1.82) is 0 Å². The van der Waals surface area contributed by atoms with Gasteiger partial charge in [-0.3, -0.25) is 4.98 Å². The highest BCUT2D eigenvalue weighted by atomic mass is 14.8. The van der Waals surface area contributed by atoms with E-state index in [-0.39, 0.29) is 21.7 Å². The zero-order valence-electron chi connectivity index (χ0n) is 45.6. The number of nitrogens with one attached hydrogen (secondary N) is 2. The van der Waals surface area contributed by atoms with E-state index in [0.717, 1.165) is 112 Å². The van der Waals surface area contributed by atoms with Gasteiger partial charge in [0.15, 0.2) is 0 Å². The number of aromatic amines is 2. The lowest BCUT2D eigenvalue weighted by Crippen LogP contribution is -2.16. The van der Waals surface area contributed by atoms with Crippen molar-refractivity contribution < 1.29 is 0 Å². The lowest BCUT2D eigenvalue weighted by Gasteiger charge is -2.26. The number of allylic oxidation sites excluding steroid dienone is 3. The van der Waals surface area contributed by atoms with Crippen LogP contribution in [-0.2, 0) is 21.7 Å². The van der Waals surface area contributed by atoms with Crippen LogP contribution in [0.4, 0.5) is 0 Å². The summed E-state index contributed by atoms with van der Waals surface area (Å²) in [6, 6.07) is 46.8. The Bertz CT molecular complexity index is 3770. The fraction of sp³-hybridized carbons (Fsp3) is 0.229. The maximum absolute atomic E-state index is 5.66. The van der Waals surface area contributed by atoms with Gasteiger partial charge in [-0.15, -0.1) is 5.73 Å². The number of rotatable bonds is 6. The van der Waals surface area contributed by atoms with E-state index in [0.29, 0.717) is 0 Å². The Balaban J connectivity index is 1.15. The third-order valence-electron chi connectivity index (χ3n) is 14.8. The van der Waals surface area contributed by atoms with Crippen LogP contribution in [0.1, 0.15) is 139 Å². The maximum atomic E-state index is 5.66. The molecule has 0 saturated carbocycles. The van der Waals surface area contributed by atoms with Crippen LogP contribution in [0, 0.1) is 0 Å². The van der Waals surface area contributed by atoms with Crippen molar-refractivity contribution in [3.8, 4) is 44.5 Å². The molecule has 0 saturated heterocycles. The van der Waals surface area contributed by atoms with Crippen molar-refractivity contribution in [2.24, 2.45) is 0 Å². The topological polar surface area (TPSA) is 70.2 Å². The smallest absolute Gasteiger partial charge is 0.0737 e. The number of hydrogen-bond acceptors (Lipinski definition) is 3. The Labute approximate surface area is 443 Å². The van der Waals surface area contributed by atoms with Crippen molar-refractivity contribution in [3.05, 3.63) is 214 Å². The monoisotopic (exact) mass is 978 g/mol. The molecule has 2 aliphatic heterocycles. The van der Waals surface area contributed by atoms with E-state index in [1.54, 1.807) is 6.20 Å². The second-order valence-corrected chi connectivity index (χ2v) is 24.6. The van der Waals surface area contributed by atoms with Gasteiger partial charge in [-0.05, 0) is 156 Å². The first-order valence-electron chi connectivity index (χ1n) is 26.4. The molecule has 3 aliphatic rings. The lowest BCUT2D eigenvalue weighted by molar-refractivity contribution is 0.568. The molecule has 0 atom stereocenters. The van der Waals surface area contributed by atoms with E-state index in [4.69, 9.17) is 9.97 Å². The highest BCUT2D eigenvalue weighted by Gasteiger charge is 2.26. The van der Waals surface area contributed by atoms with Gasteiger partial charge in [-0.25, -0.2) is 9.97 Å². The van der Waals surface area contributed by atoms with Gasteiger partial charge in [0.2, 0.25) is 0 Å². The molecule has 0 unspecified atom stereocenters. The van der Waals surface area contributed by atoms with Crippen LogP contribution in [0.3, 0.4) is 0 Å². The first-order chi connectivity index (χ1) is 35.6. The third kappa shape index (κ3) is 9.89. The SMILES string of the molecule is CC(C)(C)c1cc(-c2c3nc(c(-c4ccc(C5=C=C(c6ccc(-c7cccnc7)cc6)C=C5)cc4)c4ccc([nH]4)c(-c4cc(C(C)(C)C)cc(C(C)(C)C)c4)c4nc(cc5ccc2[nH]5)C=C4)C=C3)cc(C(C)(C)C)c1. The van der Waals surface area contributed by atoms with E-state index in [1.807, 2.05) is 12.3 Å². The van der Waals surface area contributed by atoms with Crippen LogP contribution >= 0.6 is 0 Å². The number of H-pyrrole nitrogens is 2. The van der Waals surface area contributed by atoms with Crippen molar-refractivity contribution in [2.45, 2.75) is 105 Å². The van der Waals surface area contributed by atoms with Crippen LogP contribution in [0.15, 0.2) is 158 Å². The summed E-state index contributed by atoms with van der Waals surface area (Å²) in [6.45, 7) is 27.6. The number of nitrogens with zero attached hydrogens (tertiary/aromatic N) is 3.